The van der Waals surface area contributed by atoms with Crippen LogP contribution >= 0.6 is 7.92 Å². The van der Waals surface area contributed by atoms with Crippen LogP contribution in [0.4, 0.5) is 0 Å². The van der Waals surface area contributed by atoms with Crippen molar-refractivity contribution in [1.29, 1.82) is 0 Å². The van der Waals surface area contributed by atoms with Crippen LogP contribution in [0.1, 0.15) is 55.4 Å². The van der Waals surface area contributed by atoms with E-state index in [2.05, 4.69) is 55.4 Å². The van der Waals surface area contributed by atoms with Crippen LogP contribution in [0.5, 0.6) is 0 Å². The van der Waals surface area contributed by atoms with Gasteiger partial charge in [0, 0.05) is 0 Å². The zero-order valence-electron chi connectivity index (χ0n) is 11.4. The first kappa shape index (κ1) is 14.4. The Kier molecular flexibility index (Phi) is 5.67. The molecule has 0 radical (unpaired) electrons. The Hall–Kier alpha value is 0.430. The summed E-state index contributed by atoms with van der Waals surface area (Å²) in [7, 11) is 0.158. The van der Waals surface area contributed by atoms with E-state index in [4.69, 9.17) is 0 Å². The molecule has 0 rings (SSSR count). The maximum atomic E-state index is 2.45. The number of rotatable bonds is 4. The van der Waals surface area contributed by atoms with Crippen LogP contribution in [0.15, 0.2) is 0 Å². The maximum absolute atomic E-state index is 2.45. The van der Waals surface area contributed by atoms with E-state index in [0.29, 0.717) is 5.16 Å². The van der Waals surface area contributed by atoms with Crippen LogP contribution in [-0.2, 0) is 0 Å². The minimum Gasteiger partial charge on any atom is -0.0978 e. The SMILES string of the molecule is CC(C)CP(C(C)C(C)C)C(C)(C)C. The molecule has 0 spiro atoms. The van der Waals surface area contributed by atoms with Crippen LogP contribution in [0, 0.1) is 11.8 Å². The van der Waals surface area contributed by atoms with Gasteiger partial charge in [-0.2, -0.15) is 0 Å². The lowest BCUT2D eigenvalue weighted by Crippen LogP contribution is -2.25. The summed E-state index contributed by atoms with van der Waals surface area (Å²) in [6, 6.07) is 0. The molecule has 0 heterocycles. The van der Waals surface area contributed by atoms with E-state index in [-0.39, 0.29) is 7.92 Å². The molecule has 0 aliphatic carbocycles. The fourth-order valence-electron chi connectivity index (χ4n) is 1.80. The Labute approximate surface area is 92.6 Å². The van der Waals surface area contributed by atoms with Crippen molar-refractivity contribution in [3.8, 4) is 0 Å². The van der Waals surface area contributed by atoms with Gasteiger partial charge < -0.3 is 0 Å². The third-order valence-corrected chi connectivity index (χ3v) is 7.31. The van der Waals surface area contributed by atoms with Gasteiger partial charge in [0.25, 0.3) is 0 Å². The molecule has 0 aromatic rings. The fraction of sp³-hybridized carbons (Fsp3) is 1.00. The van der Waals surface area contributed by atoms with Crippen LogP contribution in [-0.4, -0.2) is 17.0 Å². The molecule has 0 saturated carbocycles. The Morgan fingerprint density at radius 2 is 1.36 bits per heavy atom. The summed E-state index contributed by atoms with van der Waals surface area (Å²) in [4.78, 5) is 0. The summed E-state index contributed by atoms with van der Waals surface area (Å²) in [6.07, 6.45) is 1.43. The number of hydrogen-bond acceptors (Lipinski definition) is 0. The van der Waals surface area contributed by atoms with E-state index in [1.54, 1.807) is 0 Å². The maximum Gasteiger partial charge on any atom is -0.0177 e. The quantitative estimate of drug-likeness (QED) is 0.582. The predicted molar refractivity (Wildman–Crippen MR) is 70.7 cm³/mol. The summed E-state index contributed by atoms with van der Waals surface area (Å²) < 4.78 is 0. The molecular weight excluding hydrogens is 187 g/mol. The van der Waals surface area contributed by atoms with Crippen molar-refractivity contribution < 1.29 is 0 Å². The van der Waals surface area contributed by atoms with E-state index < -0.39 is 0 Å². The summed E-state index contributed by atoms with van der Waals surface area (Å²) in [5.41, 5.74) is 0.896. The van der Waals surface area contributed by atoms with Gasteiger partial charge in [0.05, 0.1) is 0 Å². The Morgan fingerprint density at radius 1 is 0.929 bits per heavy atom. The third-order valence-electron chi connectivity index (χ3n) is 2.88. The van der Waals surface area contributed by atoms with Gasteiger partial charge in [-0.25, -0.2) is 0 Å². The Balaban J connectivity index is 4.56. The molecule has 0 aliphatic heterocycles. The van der Waals surface area contributed by atoms with Gasteiger partial charge in [-0.1, -0.05) is 63.3 Å². The first-order valence-corrected chi connectivity index (χ1v) is 7.52. The average Bonchev–Trinajstić information content (AvgIpc) is 1.96. The molecule has 86 valence electrons. The predicted octanol–water partition coefficient (Wildman–Crippen LogP) is 4.97. The van der Waals surface area contributed by atoms with E-state index in [1.165, 1.54) is 6.16 Å². The fourth-order valence-corrected chi connectivity index (χ4v) is 5.41. The molecule has 1 heteroatoms. The second-order valence-corrected chi connectivity index (χ2v) is 9.66. The van der Waals surface area contributed by atoms with Gasteiger partial charge in [0.2, 0.25) is 0 Å². The monoisotopic (exact) mass is 216 g/mol. The Bertz CT molecular complexity index is 153. The topological polar surface area (TPSA) is 0 Å². The van der Waals surface area contributed by atoms with E-state index in [0.717, 1.165) is 17.5 Å². The lowest BCUT2D eigenvalue weighted by Gasteiger charge is -2.39. The molecule has 14 heavy (non-hydrogen) atoms. The van der Waals surface area contributed by atoms with Gasteiger partial charge in [-0.3, -0.25) is 0 Å². The average molecular weight is 216 g/mol. The van der Waals surface area contributed by atoms with Gasteiger partial charge in [0.1, 0.15) is 0 Å². The van der Waals surface area contributed by atoms with Crippen LogP contribution in [0.25, 0.3) is 0 Å². The second kappa shape index (κ2) is 5.50. The smallest absolute Gasteiger partial charge is 0.0177 e. The molecule has 0 N–H and O–H groups in total. The van der Waals surface area contributed by atoms with Crippen molar-refractivity contribution >= 4 is 7.92 Å². The lowest BCUT2D eigenvalue weighted by molar-refractivity contribution is 0.607. The van der Waals surface area contributed by atoms with E-state index in [1.807, 2.05) is 0 Å². The summed E-state index contributed by atoms with van der Waals surface area (Å²) in [5, 5.41) is 0.517. The van der Waals surface area contributed by atoms with Crippen molar-refractivity contribution in [3.05, 3.63) is 0 Å². The molecule has 2 atom stereocenters. The molecule has 2 unspecified atom stereocenters. The first-order chi connectivity index (χ1) is 6.16. The molecule has 0 aliphatic rings. The van der Waals surface area contributed by atoms with E-state index >= 15 is 0 Å². The van der Waals surface area contributed by atoms with Gasteiger partial charge in [-0.15, -0.1) is 0 Å². The van der Waals surface area contributed by atoms with Crippen LogP contribution < -0.4 is 0 Å². The lowest BCUT2D eigenvalue weighted by atomic mass is 10.1. The molecule has 0 saturated heterocycles. The zero-order chi connectivity index (χ0) is 11.5. The van der Waals surface area contributed by atoms with Crippen molar-refractivity contribution in [3.63, 3.8) is 0 Å². The molecular formula is C13H29P. The van der Waals surface area contributed by atoms with Gasteiger partial charge in [-0.05, 0) is 28.8 Å². The second-order valence-electron chi connectivity index (χ2n) is 6.20. The molecule has 0 bridgehead atoms. The summed E-state index contributed by atoms with van der Waals surface area (Å²) >= 11 is 0. The van der Waals surface area contributed by atoms with Gasteiger partial charge in [0.15, 0.2) is 0 Å². The molecule has 0 aromatic heterocycles. The molecule has 0 amide bonds. The van der Waals surface area contributed by atoms with Crippen molar-refractivity contribution in [2.24, 2.45) is 11.8 Å². The summed E-state index contributed by atoms with van der Waals surface area (Å²) in [6.45, 7) is 19.1. The van der Waals surface area contributed by atoms with E-state index in [9.17, 15) is 0 Å². The highest BCUT2D eigenvalue weighted by molar-refractivity contribution is 7.60. The van der Waals surface area contributed by atoms with Gasteiger partial charge >= 0.3 is 0 Å². The standard InChI is InChI=1S/C13H29P/c1-10(2)9-14(13(6,7)8)12(5)11(3)4/h10-12H,9H2,1-8H3. The van der Waals surface area contributed by atoms with Crippen LogP contribution in [0.3, 0.4) is 0 Å². The highest BCUT2D eigenvalue weighted by atomic mass is 31.1. The highest BCUT2D eigenvalue weighted by Crippen LogP contribution is 2.56. The third kappa shape index (κ3) is 4.78. The molecule has 0 fully saturated rings. The molecule has 0 aromatic carbocycles. The highest BCUT2D eigenvalue weighted by Gasteiger charge is 2.30. The largest absolute Gasteiger partial charge is 0.0978 e. The molecule has 0 nitrogen and oxygen atoms in total. The minimum absolute atomic E-state index is 0.158. The summed E-state index contributed by atoms with van der Waals surface area (Å²) in [5.74, 6) is 1.68. The normalized spacial score (nSPS) is 17.6. The first-order valence-electron chi connectivity index (χ1n) is 5.93. The zero-order valence-corrected chi connectivity index (χ0v) is 12.3. The van der Waals surface area contributed by atoms with Crippen molar-refractivity contribution in [2.45, 2.75) is 66.2 Å². The van der Waals surface area contributed by atoms with Crippen molar-refractivity contribution in [1.82, 2.24) is 0 Å². The minimum atomic E-state index is 0.158. The van der Waals surface area contributed by atoms with Crippen molar-refractivity contribution in [2.75, 3.05) is 6.16 Å². The Morgan fingerprint density at radius 3 is 1.57 bits per heavy atom. The number of hydrogen-bond donors (Lipinski definition) is 0. The van der Waals surface area contributed by atoms with Crippen LogP contribution in [0.2, 0.25) is 0 Å².